The molecule has 0 aromatic carbocycles. The van der Waals surface area contributed by atoms with Gasteiger partial charge in [0.1, 0.15) is 5.82 Å². The molecule has 0 amide bonds. The van der Waals surface area contributed by atoms with Crippen LogP contribution in [-0.2, 0) is 0 Å². The molecule has 2 aromatic rings. The lowest BCUT2D eigenvalue weighted by molar-refractivity contribution is 0.127. The molecule has 2 N–H and O–H groups in total. The maximum absolute atomic E-state index is 12.3. The second-order valence-electron chi connectivity index (χ2n) is 7.49. The fourth-order valence-electron chi connectivity index (χ4n) is 4.14. The molecule has 0 radical (unpaired) electrons. The molecule has 2 aromatic heterocycles. The normalized spacial score (nSPS) is 25.1. The summed E-state index contributed by atoms with van der Waals surface area (Å²) in [5.41, 5.74) is -0.148. The van der Waals surface area contributed by atoms with Crippen LogP contribution in [0, 0.1) is 0 Å². The highest BCUT2D eigenvalue weighted by Crippen LogP contribution is 2.29. The quantitative estimate of drug-likeness (QED) is 0.724. The average molecular weight is 449 g/mol. The Kier molecular flexibility index (Phi) is 5.91. The van der Waals surface area contributed by atoms with Crippen LogP contribution < -0.4 is 15.8 Å². The number of halogens is 1. The molecular weight excluding hydrogens is 424 g/mol. The van der Waals surface area contributed by atoms with Crippen molar-refractivity contribution in [3.8, 4) is 0 Å². The highest BCUT2D eigenvalue weighted by molar-refractivity contribution is 9.10. The van der Waals surface area contributed by atoms with Crippen LogP contribution in [-0.4, -0.2) is 50.1 Å². The van der Waals surface area contributed by atoms with E-state index in [0.29, 0.717) is 12.5 Å². The van der Waals surface area contributed by atoms with Gasteiger partial charge in [-0.05, 0) is 60.5 Å². The van der Waals surface area contributed by atoms with Crippen molar-refractivity contribution in [1.29, 1.82) is 0 Å². The van der Waals surface area contributed by atoms with Crippen LogP contribution in [0.1, 0.15) is 44.6 Å². The van der Waals surface area contributed by atoms with E-state index in [0.717, 1.165) is 55.4 Å². The highest BCUT2D eigenvalue weighted by Gasteiger charge is 2.30. The molecule has 2 fully saturated rings. The molecule has 8 nitrogen and oxygen atoms in total. The molecular formula is C19H25BrN6O2. The van der Waals surface area contributed by atoms with Crippen LogP contribution in [0.25, 0.3) is 0 Å². The number of hydrogen-bond donors (Lipinski definition) is 2. The monoisotopic (exact) mass is 448 g/mol. The number of hydrogen-bond acceptors (Lipinski definition) is 7. The van der Waals surface area contributed by atoms with Gasteiger partial charge in [-0.3, -0.25) is 4.79 Å². The van der Waals surface area contributed by atoms with Gasteiger partial charge in [0.05, 0.1) is 16.6 Å². The van der Waals surface area contributed by atoms with Crippen LogP contribution in [0.15, 0.2) is 33.8 Å². The van der Waals surface area contributed by atoms with Crippen molar-refractivity contribution in [3.63, 3.8) is 0 Å². The third-order valence-electron chi connectivity index (χ3n) is 5.61. The molecule has 1 aliphatic heterocycles. The van der Waals surface area contributed by atoms with Crippen molar-refractivity contribution in [2.24, 2.45) is 0 Å². The smallest absolute Gasteiger partial charge is 0.267 e. The summed E-state index contributed by atoms with van der Waals surface area (Å²) in [5, 5.41) is 18.2. The summed E-state index contributed by atoms with van der Waals surface area (Å²) in [7, 11) is 0. The lowest BCUT2D eigenvalue weighted by Crippen LogP contribution is -2.45. The standard InChI is InChI=1S/C19H25BrN6O2/c20-13-10-21-19(22-11-13)23-12-14-4-1-2-9-25(14)17-7-8-18(28)26(24-17)15-5-3-6-16(15)27/h7-8,10-11,14-16,27H,1-6,9,12H2,(H,21,22,23). The zero-order valence-corrected chi connectivity index (χ0v) is 17.3. The summed E-state index contributed by atoms with van der Waals surface area (Å²) >= 11 is 3.34. The molecule has 1 saturated carbocycles. The van der Waals surface area contributed by atoms with E-state index in [2.05, 4.69) is 41.2 Å². The molecule has 2 aliphatic rings. The Morgan fingerprint density at radius 1 is 1.14 bits per heavy atom. The minimum atomic E-state index is -0.492. The van der Waals surface area contributed by atoms with Crippen LogP contribution in [0.5, 0.6) is 0 Å². The van der Waals surface area contributed by atoms with Crippen molar-refractivity contribution < 1.29 is 5.11 Å². The first-order chi connectivity index (χ1) is 13.6. The first kappa shape index (κ1) is 19.3. The lowest BCUT2D eigenvalue weighted by atomic mass is 10.0. The molecule has 1 aliphatic carbocycles. The summed E-state index contributed by atoms with van der Waals surface area (Å²) in [6.07, 6.45) is 8.69. The minimum absolute atomic E-state index is 0.148. The fourth-order valence-corrected chi connectivity index (χ4v) is 4.34. The third kappa shape index (κ3) is 4.20. The van der Waals surface area contributed by atoms with E-state index in [1.807, 2.05) is 0 Å². The van der Waals surface area contributed by atoms with Crippen molar-refractivity contribution in [1.82, 2.24) is 19.7 Å². The Bertz CT molecular complexity index is 858. The molecule has 150 valence electrons. The SMILES string of the molecule is O=c1ccc(N2CCCCC2CNc2ncc(Br)cn2)nn1C1CCCC1O. The molecule has 3 heterocycles. The second-order valence-corrected chi connectivity index (χ2v) is 8.40. The number of aliphatic hydroxyl groups excluding tert-OH is 1. The number of nitrogens with one attached hydrogen (secondary N) is 1. The summed E-state index contributed by atoms with van der Waals surface area (Å²) in [4.78, 5) is 23.1. The van der Waals surface area contributed by atoms with Crippen LogP contribution in [0.3, 0.4) is 0 Å². The predicted octanol–water partition coefficient (Wildman–Crippen LogP) is 2.35. The topological polar surface area (TPSA) is 96.2 Å². The predicted molar refractivity (Wildman–Crippen MR) is 111 cm³/mol. The molecule has 0 bridgehead atoms. The fraction of sp³-hybridized carbons (Fsp3) is 0.579. The van der Waals surface area contributed by atoms with Gasteiger partial charge in [-0.2, -0.15) is 5.10 Å². The Morgan fingerprint density at radius 2 is 1.96 bits per heavy atom. The van der Waals surface area contributed by atoms with Gasteiger partial charge < -0.3 is 15.3 Å². The molecule has 1 saturated heterocycles. The third-order valence-corrected chi connectivity index (χ3v) is 6.02. The van der Waals surface area contributed by atoms with Gasteiger partial charge in [-0.25, -0.2) is 14.6 Å². The first-order valence-corrected chi connectivity index (χ1v) is 10.7. The van der Waals surface area contributed by atoms with E-state index in [1.165, 1.54) is 4.68 Å². The number of aliphatic hydroxyl groups is 1. The van der Waals surface area contributed by atoms with Gasteiger partial charge >= 0.3 is 0 Å². The number of aromatic nitrogens is 4. The van der Waals surface area contributed by atoms with Crippen molar-refractivity contribution in [2.75, 3.05) is 23.3 Å². The summed E-state index contributed by atoms with van der Waals surface area (Å²) in [6.45, 7) is 1.60. The van der Waals surface area contributed by atoms with Crippen molar-refractivity contribution in [2.45, 2.75) is 56.7 Å². The molecule has 3 unspecified atom stereocenters. The molecule has 9 heteroatoms. The van der Waals surface area contributed by atoms with E-state index in [-0.39, 0.29) is 17.6 Å². The molecule has 0 spiro atoms. The molecule has 4 rings (SSSR count). The van der Waals surface area contributed by atoms with Gasteiger partial charge in [0.25, 0.3) is 5.56 Å². The number of anilines is 2. The first-order valence-electron chi connectivity index (χ1n) is 9.88. The molecule has 28 heavy (non-hydrogen) atoms. The lowest BCUT2D eigenvalue weighted by Gasteiger charge is -2.37. The summed E-state index contributed by atoms with van der Waals surface area (Å²) in [6, 6.07) is 3.40. The van der Waals surface area contributed by atoms with E-state index in [4.69, 9.17) is 0 Å². The van der Waals surface area contributed by atoms with Gasteiger partial charge in [0.2, 0.25) is 5.95 Å². The molecule has 3 atom stereocenters. The zero-order chi connectivity index (χ0) is 19.5. The van der Waals surface area contributed by atoms with Crippen molar-refractivity contribution >= 4 is 27.7 Å². The maximum atomic E-state index is 12.3. The van der Waals surface area contributed by atoms with Crippen LogP contribution >= 0.6 is 15.9 Å². The number of piperidine rings is 1. The Balaban J connectivity index is 1.52. The number of rotatable bonds is 5. The van der Waals surface area contributed by atoms with E-state index in [1.54, 1.807) is 24.5 Å². The Morgan fingerprint density at radius 3 is 2.71 bits per heavy atom. The van der Waals surface area contributed by atoms with E-state index in [9.17, 15) is 9.90 Å². The van der Waals surface area contributed by atoms with Crippen LogP contribution in [0.2, 0.25) is 0 Å². The van der Waals surface area contributed by atoms with Crippen LogP contribution in [0.4, 0.5) is 11.8 Å². The Labute approximate surface area is 172 Å². The van der Waals surface area contributed by atoms with Gasteiger partial charge in [0, 0.05) is 37.6 Å². The zero-order valence-electron chi connectivity index (χ0n) is 15.7. The second kappa shape index (κ2) is 8.57. The van der Waals surface area contributed by atoms with Crippen molar-refractivity contribution in [3.05, 3.63) is 39.4 Å². The number of nitrogens with zero attached hydrogens (tertiary/aromatic N) is 5. The van der Waals surface area contributed by atoms with E-state index >= 15 is 0 Å². The van der Waals surface area contributed by atoms with Gasteiger partial charge in [-0.15, -0.1) is 0 Å². The average Bonchev–Trinajstić information content (AvgIpc) is 3.14. The summed E-state index contributed by atoms with van der Waals surface area (Å²) in [5.74, 6) is 1.39. The summed E-state index contributed by atoms with van der Waals surface area (Å²) < 4.78 is 2.34. The van der Waals surface area contributed by atoms with E-state index < -0.39 is 6.10 Å². The maximum Gasteiger partial charge on any atom is 0.267 e. The highest BCUT2D eigenvalue weighted by atomic mass is 79.9. The van der Waals surface area contributed by atoms with Gasteiger partial charge in [0.15, 0.2) is 0 Å². The largest absolute Gasteiger partial charge is 0.391 e. The Hall–Kier alpha value is -2.00. The van der Waals surface area contributed by atoms with Gasteiger partial charge in [-0.1, -0.05) is 0 Å². The minimum Gasteiger partial charge on any atom is -0.391 e.